The van der Waals surface area contributed by atoms with Crippen molar-refractivity contribution in [2.24, 2.45) is 0 Å². The number of nitrogens with zero attached hydrogens (tertiary/aromatic N) is 2. The molecular weight excluding hydrogens is 330 g/mol. The number of phenolic OH excluding ortho intramolecular Hbond substituents is 1. The Bertz CT molecular complexity index is 614. The van der Waals surface area contributed by atoms with Crippen LogP contribution in [0.15, 0.2) is 48.5 Å². The van der Waals surface area contributed by atoms with Crippen molar-refractivity contribution in [3.63, 3.8) is 0 Å². The summed E-state index contributed by atoms with van der Waals surface area (Å²) in [4.78, 5) is 0. The molecule has 0 atom stereocenters. The zero-order chi connectivity index (χ0) is 16.2. The van der Waals surface area contributed by atoms with E-state index >= 15 is 0 Å². The first-order valence-electron chi connectivity index (χ1n) is 6.09. The number of aromatic hydroxyl groups is 1. The second-order valence-corrected chi connectivity index (χ2v) is 5.69. The third kappa shape index (κ3) is 6.78. The van der Waals surface area contributed by atoms with E-state index in [2.05, 4.69) is 44.6 Å². The molecule has 0 unspecified atom stereocenters. The second-order valence-electron chi connectivity index (χ2n) is 3.89. The summed E-state index contributed by atoms with van der Waals surface area (Å²) >= 11 is 0. The van der Waals surface area contributed by atoms with Gasteiger partial charge in [-0.15, -0.1) is 0 Å². The van der Waals surface area contributed by atoms with Crippen LogP contribution in [-0.2, 0) is 8.23 Å². The van der Waals surface area contributed by atoms with Crippen molar-refractivity contribution in [1.82, 2.24) is 15.4 Å². The number of phenols is 1. The van der Waals surface area contributed by atoms with E-state index in [-0.39, 0.29) is 10.0 Å². The van der Waals surface area contributed by atoms with Gasteiger partial charge in [0.25, 0.3) is 0 Å². The van der Waals surface area contributed by atoms with Crippen molar-refractivity contribution in [1.29, 1.82) is 0 Å². The Morgan fingerprint density at radius 1 is 0.955 bits per heavy atom. The first-order valence-corrected chi connectivity index (χ1v) is 7.72. The predicted octanol–water partition coefficient (Wildman–Crippen LogP) is 1.38. The van der Waals surface area contributed by atoms with Gasteiger partial charge in [-0.05, 0) is 30.7 Å². The summed E-state index contributed by atoms with van der Waals surface area (Å²) in [6.45, 7) is 1.87. The van der Waals surface area contributed by atoms with Crippen molar-refractivity contribution in [3.8, 4) is 5.75 Å². The van der Waals surface area contributed by atoms with Crippen molar-refractivity contribution in [2.75, 3.05) is 0 Å². The standard InChI is InChI=1S/C7H8O.C6H5N3.O2Si3/c1-6-4-2-3-5-7(6)8;1-2-4-6-5(3-1)7-9-8-6;3-1-5-2-4/h2-5,8H,1H3;1-4H,(H,7,8,9);. The van der Waals surface area contributed by atoms with E-state index in [1.165, 1.54) is 0 Å². The molecule has 0 fully saturated rings. The molecule has 0 saturated heterocycles. The van der Waals surface area contributed by atoms with E-state index in [1.54, 1.807) is 6.07 Å². The van der Waals surface area contributed by atoms with E-state index in [0.717, 1.165) is 16.6 Å². The minimum atomic E-state index is 0.0247. The van der Waals surface area contributed by atoms with Gasteiger partial charge in [0.2, 0.25) is 21.0 Å². The van der Waals surface area contributed by atoms with Crippen LogP contribution in [0.25, 0.3) is 11.0 Å². The first-order chi connectivity index (χ1) is 10.7. The maximum absolute atomic E-state index is 8.92. The zero-order valence-electron chi connectivity index (χ0n) is 11.8. The summed E-state index contributed by atoms with van der Waals surface area (Å²) in [5, 5.41) is 19.2. The summed E-state index contributed by atoms with van der Waals surface area (Å²) in [5.41, 5.74) is 2.75. The maximum atomic E-state index is 8.92. The molecule has 22 heavy (non-hydrogen) atoms. The number of nitrogens with one attached hydrogen (secondary N) is 1. The van der Waals surface area contributed by atoms with E-state index < -0.39 is 0 Å². The van der Waals surface area contributed by atoms with Crippen LogP contribution < -0.4 is 0 Å². The summed E-state index contributed by atoms with van der Waals surface area (Å²) in [5.74, 6) is 0.368. The normalized spacial score (nSPS) is 9.41. The lowest BCUT2D eigenvalue weighted by molar-refractivity contribution is 0.471. The topological polar surface area (TPSA) is 80.3 Å². The molecule has 1 aromatic heterocycles. The molecule has 0 aliphatic heterocycles. The average Bonchev–Trinajstić information content (AvgIpc) is 3.01. The van der Waals surface area contributed by atoms with Crippen molar-refractivity contribution < 1.29 is 13.3 Å². The van der Waals surface area contributed by atoms with Gasteiger partial charge in [-0.25, -0.2) is 0 Å². The number of aryl methyl sites for hydroxylation is 1. The molecule has 1 heterocycles. The summed E-state index contributed by atoms with van der Waals surface area (Å²) in [7, 11) is 5.44. The molecule has 0 aliphatic carbocycles. The summed E-state index contributed by atoms with van der Waals surface area (Å²) in [6.07, 6.45) is 0. The predicted molar refractivity (Wildman–Crippen MR) is 86.2 cm³/mol. The van der Waals surface area contributed by atoms with Crippen LogP contribution in [0.4, 0.5) is 0 Å². The van der Waals surface area contributed by atoms with Gasteiger partial charge >= 0.3 is 10.0 Å². The fourth-order valence-electron chi connectivity index (χ4n) is 1.37. The van der Waals surface area contributed by atoms with Gasteiger partial charge in [0.15, 0.2) is 0 Å². The number of aromatic nitrogens is 3. The molecule has 3 rings (SSSR count). The zero-order valence-corrected chi connectivity index (χ0v) is 14.8. The number of benzene rings is 2. The molecule has 0 saturated carbocycles. The highest BCUT2D eigenvalue weighted by Crippen LogP contribution is 2.12. The van der Waals surface area contributed by atoms with Crippen molar-refractivity contribution >= 4 is 42.0 Å². The Labute approximate surface area is 138 Å². The molecule has 0 aliphatic rings. The lowest BCUT2D eigenvalue weighted by Gasteiger charge is -1.92. The first kappa shape index (κ1) is 18.3. The molecule has 6 nitrogen and oxygen atoms in total. The van der Waals surface area contributed by atoms with Crippen LogP contribution >= 0.6 is 0 Å². The van der Waals surface area contributed by atoms with Gasteiger partial charge < -0.3 is 13.3 Å². The molecule has 3 aromatic rings. The lowest BCUT2D eigenvalue weighted by Crippen LogP contribution is -1.96. The van der Waals surface area contributed by atoms with Gasteiger partial charge in [-0.1, -0.05) is 30.3 Å². The van der Waals surface area contributed by atoms with Crippen LogP contribution in [0.5, 0.6) is 5.75 Å². The van der Waals surface area contributed by atoms with E-state index in [4.69, 9.17) is 5.11 Å². The van der Waals surface area contributed by atoms with Crippen LogP contribution in [0.1, 0.15) is 5.56 Å². The maximum Gasteiger partial charge on any atom is 0.409 e. The molecular formula is C13H13N3O3Si3. The number of hydrogen-bond donors (Lipinski definition) is 2. The molecule has 0 spiro atoms. The third-order valence-electron chi connectivity index (χ3n) is 2.42. The van der Waals surface area contributed by atoms with E-state index in [0.29, 0.717) is 5.75 Å². The molecule has 2 aromatic carbocycles. The highest BCUT2D eigenvalue weighted by atomic mass is 28.3. The molecule has 9 heteroatoms. The number of fused-ring (bicyclic) bond motifs is 1. The SMILES string of the molecule is Cc1ccccc1O.[Si]O[Si]O[Si].c1ccc2n[nH]nc2c1. The Kier molecular flexibility index (Phi) is 9.02. The lowest BCUT2D eigenvalue weighted by atomic mass is 10.2. The third-order valence-corrected chi connectivity index (χ3v) is 3.09. The van der Waals surface area contributed by atoms with Gasteiger partial charge in [0.1, 0.15) is 16.8 Å². The van der Waals surface area contributed by atoms with Gasteiger partial charge in [-0.2, -0.15) is 15.4 Å². The number of para-hydroxylation sites is 3. The number of hydrogen-bond acceptors (Lipinski definition) is 5. The van der Waals surface area contributed by atoms with Gasteiger partial charge in [0.05, 0.1) is 0 Å². The Hall–Kier alpha value is -1.79. The molecule has 110 valence electrons. The molecule has 0 bridgehead atoms. The highest BCUT2D eigenvalue weighted by molar-refractivity contribution is 6.33. The fraction of sp³-hybridized carbons (Fsp3) is 0.0769. The van der Waals surface area contributed by atoms with E-state index in [1.807, 2.05) is 49.4 Å². The Balaban J connectivity index is 0.000000173. The monoisotopic (exact) mass is 343 g/mol. The Morgan fingerprint density at radius 3 is 1.82 bits per heavy atom. The van der Waals surface area contributed by atoms with Crippen LogP contribution in [0.3, 0.4) is 0 Å². The smallest absolute Gasteiger partial charge is 0.409 e. The molecule has 0 amide bonds. The minimum absolute atomic E-state index is 0.0247. The van der Waals surface area contributed by atoms with Crippen molar-refractivity contribution in [3.05, 3.63) is 54.1 Å². The van der Waals surface area contributed by atoms with Gasteiger partial charge in [-0.3, -0.25) is 0 Å². The quantitative estimate of drug-likeness (QED) is 0.687. The molecule has 8 radical (unpaired) electrons. The van der Waals surface area contributed by atoms with Crippen LogP contribution in [-0.4, -0.2) is 51.5 Å². The second kappa shape index (κ2) is 10.9. The number of aromatic amines is 1. The van der Waals surface area contributed by atoms with Gasteiger partial charge in [0, 0.05) is 0 Å². The Morgan fingerprint density at radius 2 is 1.45 bits per heavy atom. The summed E-state index contributed by atoms with van der Waals surface area (Å²) < 4.78 is 8.51. The number of H-pyrrole nitrogens is 1. The fourth-order valence-corrected chi connectivity index (χ4v) is 1.91. The highest BCUT2D eigenvalue weighted by Gasteiger charge is 1.90. The largest absolute Gasteiger partial charge is 0.508 e. The van der Waals surface area contributed by atoms with E-state index in [9.17, 15) is 0 Å². The summed E-state index contributed by atoms with van der Waals surface area (Å²) in [6, 6.07) is 15.0. The minimum Gasteiger partial charge on any atom is -0.508 e. The van der Waals surface area contributed by atoms with Crippen molar-refractivity contribution in [2.45, 2.75) is 6.92 Å². The average molecular weight is 344 g/mol. The number of rotatable bonds is 2. The van der Waals surface area contributed by atoms with Crippen LogP contribution in [0, 0.1) is 6.92 Å². The van der Waals surface area contributed by atoms with Crippen LogP contribution in [0.2, 0.25) is 0 Å². The molecule has 2 N–H and O–H groups in total.